The minimum absolute atomic E-state index is 0.0233. The van der Waals surface area contributed by atoms with Crippen molar-refractivity contribution in [1.29, 1.82) is 0 Å². The number of benzene rings is 2. The second-order valence-electron chi connectivity index (χ2n) is 6.65. The molecule has 0 aliphatic carbocycles. The standard InChI is InChI=1S/C21H22ClN3O2S/c22-16-11-9-15(10-12-16)14-23-19(26)8-2-1-5-13-25-20(27)17-6-3-4-7-18(17)24-21(25)28/h3-4,6-7,9-12H,1-2,5,8,13-14H2,(H,23,26)(H,24,28). The van der Waals surface area contributed by atoms with Crippen molar-refractivity contribution in [3.05, 3.63) is 74.2 Å². The quantitative estimate of drug-likeness (QED) is 0.417. The van der Waals surface area contributed by atoms with Crippen LogP contribution in [-0.2, 0) is 17.9 Å². The van der Waals surface area contributed by atoms with Gasteiger partial charge in [-0.15, -0.1) is 0 Å². The summed E-state index contributed by atoms with van der Waals surface area (Å²) < 4.78 is 2.03. The van der Waals surface area contributed by atoms with Gasteiger partial charge in [0.15, 0.2) is 4.77 Å². The van der Waals surface area contributed by atoms with Gasteiger partial charge in [-0.2, -0.15) is 0 Å². The molecule has 1 aromatic heterocycles. The second-order valence-corrected chi connectivity index (χ2v) is 7.47. The van der Waals surface area contributed by atoms with Crippen LogP contribution in [-0.4, -0.2) is 15.5 Å². The zero-order chi connectivity index (χ0) is 19.9. The molecule has 3 rings (SSSR count). The highest BCUT2D eigenvalue weighted by Crippen LogP contribution is 2.10. The van der Waals surface area contributed by atoms with Crippen LogP contribution in [0.3, 0.4) is 0 Å². The summed E-state index contributed by atoms with van der Waals surface area (Å²) in [6.45, 7) is 1.04. The number of amides is 1. The Hall–Kier alpha value is -2.44. The molecule has 1 heterocycles. The summed E-state index contributed by atoms with van der Waals surface area (Å²) in [7, 11) is 0. The van der Waals surface area contributed by atoms with E-state index in [1.165, 1.54) is 0 Å². The van der Waals surface area contributed by atoms with Gasteiger partial charge >= 0.3 is 0 Å². The van der Waals surface area contributed by atoms with Crippen LogP contribution in [0.15, 0.2) is 53.3 Å². The van der Waals surface area contributed by atoms with E-state index in [1.807, 2.05) is 42.5 Å². The van der Waals surface area contributed by atoms with Crippen molar-refractivity contribution in [3.8, 4) is 0 Å². The molecule has 0 saturated carbocycles. The number of hydrogen-bond acceptors (Lipinski definition) is 3. The zero-order valence-electron chi connectivity index (χ0n) is 15.4. The molecule has 146 valence electrons. The van der Waals surface area contributed by atoms with Crippen molar-refractivity contribution in [2.75, 3.05) is 0 Å². The molecule has 0 fully saturated rings. The van der Waals surface area contributed by atoms with Gasteiger partial charge in [-0.1, -0.05) is 42.3 Å². The largest absolute Gasteiger partial charge is 0.352 e. The minimum atomic E-state index is -0.0694. The number of nitrogens with one attached hydrogen (secondary N) is 2. The molecule has 0 bridgehead atoms. The lowest BCUT2D eigenvalue weighted by Gasteiger charge is -2.08. The van der Waals surface area contributed by atoms with Crippen molar-refractivity contribution in [3.63, 3.8) is 0 Å². The number of carbonyl (C=O) groups excluding carboxylic acids is 1. The van der Waals surface area contributed by atoms with Crippen LogP contribution in [0, 0.1) is 4.77 Å². The van der Waals surface area contributed by atoms with Gasteiger partial charge in [0.25, 0.3) is 5.56 Å². The number of halogens is 1. The van der Waals surface area contributed by atoms with E-state index in [0.717, 1.165) is 30.3 Å². The van der Waals surface area contributed by atoms with Gasteiger partial charge in [-0.25, -0.2) is 0 Å². The second kappa shape index (κ2) is 9.66. The first kappa shape index (κ1) is 20.3. The number of rotatable bonds is 8. The lowest BCUT2D eigenvalue weighted by atomic mass is 10.1. The highest BCUT2D eigenvalue weighted by atomic mass is 35.5. The summed E-state index contributed by atoms with van der Waals surface area (Å²) in [6.07, 6.45) is 2.88. The number of aromatic amines is 1. The number of hydrogen-bond donors (Lipinski definition) is 2. The number of nitrogens with zero attached hydrogens (tertiary/aromatic N) is 1. The Kier molecular flexibility index (Phi) is 7.01. The summed E-state index contributed by atoms with van der Waals surface area (Å²) in [5.41, 5.74) is 1.70. The average molecular weight is 416 g/mol. The highest BCUT2D eigenvalue weighted by Gasteiger charge is 2.06. The van der Waals surface area contributed by atoms with Gasteiger partial charge in [0, 0.05) is 24.5 Å². The van der Waals surface area contributed by atoms with Crippen molar-refractivity contribution < 1.29 is 4.79 Å². The van der Waals surface area contributed by atoms with Gasteiger partial charge in [0.1, 0.15) is 0 Å². The fourth-order valence-corrected chi connectivity index (χ4v) is 3.44. The van der Waals surface area contributed by atoms with E-state index in [0.29, 0.717) is 34.7 Å². The Balaban J connectivity index is 1.43. The fourth-order valence-electron chi connectivity index (χ4n) is 3.03. The van der Waals surface area contributed by atoms with Crippen molar-refractivity contribution in [2.24, 2.45) is 0 Å². The summed E-state index contributed by atoms with van der Waals surface area (Å²) in [5, 5.41) is 4.22. The normalized spacial score (nSPS) is 10.9. The highest BCUT2D eigenvalue weighted by molar-refractivity contribution is 7.71. The first-order chi connectivity index (χ1) is 13.5. The van der Waals surface area contributed by atoms with E-state index in [4.69, 9.17) is 23.8 Å². The topological polar surface area (TPSA) is 66.9 Å². The maximum atomic E-state index is 12.6. The number of unbranched alkanes of at least 4 members (excludes halogenated alkanes) is 2. The van der Waals surface area contributed by atoms with E-state index in [9.17, 15) is 9.59 Å². The number of aromatic nitrogens is 2. The van der Waals surface area contributed by atoms with Crippen molar-refractivity contribution >= 4 is 40.6 Å². The van der Waals surface area contributed by atoms with Gasteiger partial charge in [0.05, 0.1) is 10.9 Å². The van der Waals surface area contributed by atoms with Crippen LogP contribution in [0.2, 0.25) is 5.02 Å². The van der Waals surface area contributed by atoms with Crippen LogP contribution < -0.4 is 10.9 Å². The van der Waals surface area contributed by atoms with Crippen LogP contribution in [0.4, 0.5) is 0 Å². The number of para-hydroxylation sites is 1. The maximum Gasteiger partial charge on any atom is 0.262 e. The number of fused-ring (bicyclic) bond motifs is 1. The molecule has 0 radical (unpaired) electrons. The Labute approximate surface area is 173 Å². The predicted molar refractivity (Wildman–Crippen MR) is 115 cm³/mol. The monoisotopic (exact) mass is 415 g/mol. The molecule has 0 unspecified atom stereocenters. The van der Waals surface area contributed by atoms with E-state index < -0.39 is 0 Å². The molecule has 0 spiro atoms. The van der Waals surface area contributed by atoms with Crippen LogP contribution in [0.25, 0.3) is 10.9 Å². The molecule has 2 aromatic carbocycles. The summed E-state index contributed by atoms with van der Waals surface area (Å²) in [5.74, 6) is 0.0233. The van der Waals surface area contributed by atoms with Crippen LogP contribution >= 0.6 is 23.8 Å². The lowest BCUT2D eigenvalue weighted by Crippen LogP contribution is -2.23. The molecular weight excluding hydrogens is 394 g/mol. The van der Waals surface area contributed by atoms with Crippen molar-refractivity contribution in [1.82, 2.24) is 14.9 Å². The summed E-state index contributed by atoms with van der Waals surface area (Å²) in [6, 6.07) is 14.8. The smallest absolute Gasteiger partial charge is 0.262 e. The summed E-state index contributed by atoms with van der Waals surface area (Å²) >= 11 is 11.2. The molecule has 7 heteroatoms. The Bertz CT molecular complexity index is 1070. The maximum absolute atomic E-state index is 12.6. The van der Waals surface area contributed by atoms with Crippen molar-refractivity contribution in [2.45, 2.75) is 38.8 Å². The Morgan fingerprint density at radius 1 is 1.07 bits per heavy atom. The first-order valence-electron chi connectivity index (χ1n) is 9.27. The SMILES string of the molecule is O=C(CCCCCn1c(=S)[nH]c2ccccc2c1=O)NCc1ccc(Cl)cc1. The molecule has 2 N–H and O–H groups in total. The third-order valence-corrected chi connectivity index (χ3v) is 5.15. The van der Waals surface area contributed by atoms with Crippen LogP contribution in [0.1, 0.15) is 31.2 Å². The van der Waals surface area contributed by atoms with Gasteiger partial charge in [-0.3, -0.25) is 14.2 Å². The molecule has 0 atom stereocenters. The number of H-pyrrole nitrogens is 1. The molecule has 3 aromatic rings. The molecule has 28 heavy (non-hydrogen) atoms. The van der Waals surface area contributed by atoms with Crippen LogP contribution in [0.5, 0.6) is 0 Å². The van der Waals surface area contributed by atoms with E-state index in [2.05, 4.69) is 10.3 Å². The Morgan fingerprint density at radius 2 is 1.82 bits per heavy atom. The Morgan fingerprint density at radius 3 is 2.61 bits per heavy atom. The summed E-state index contributed by atoms with van der Waals surface area (Å²) in [4.78, 5) is 27.6. The molecule has 0 aliphatic heterocycles. The molecule has 0 saturated heterocycles. The first-order valence-corrected chi connectivity index (χ1v) is 10.1. The predicted octanol–water partition coefficient (Wildman–Crippen LogP) is 4.59. The minimum Gasteiger partial charge on any atom is -0.352 e. The van der Waals surface area contributed by atoms with Gasteiger partial charge in [-0.05, 0) is 54.9 Å². The third-order valence-electron chi connectivity index (χ3n) is 4.58. The zero-order valence-corrected chi connectivity index (χ0v) is 17.0. The van der Waals surface area contributed by atoms with E-state index in [-0.39, 0.29) is 11.5 Å². The fraction of sp³-hybridized carbons (Fsp3) is 0.286. The average Bonchev–Trinajstić information content (AvgIpc) is 2.69. The third kappa shape index (κ3) is 5.30. The molecule has 1 amide bonds. The number of carbonyl (C=O) groups is 1. The van der Waals surface area contributed by atoms with E-state index in [1.54, 1.807) is 10.6 Å². The van der Waals surface area contributed by atoms with Gasteiger partial charge < -0.3 is 10.3 Å². The van der Waals surface area contributed by atoms with E-state index >= 15 is 0 Å². The lowest BCUT2D eigenvalue weighted by molar-refractivity contribution is -0.121. The van der Waals surface area contributed by atoms with Gasteiger partial charge in [0.2, 0.25) is 5.91 Å². The molecular formula is C21H22ClN3O2S. The molecule has 0 aliphatic rings. The molecule has 5 nitrogen and oxygen atoms in total.